The molecule has 8 nitrogen and oxygen atoms in total. The van der Waals surface area contributed by atoms with Crippen LogP contribution in [0.15, 0.2) is 48.5 Å². The van der Waals surface area contributed by atoms with E-state index < -0.39 is 28.5 Å². The van der Waals surface area contributed by atoms with Gasteiger partial charge in [0.05, 0.1) is 19.1 Å². The highest BCUT2D eigenvalue weighted by Crippen LogP contribution is 2.24. The smallest absolute Gasteiger partial charge is 0.244 e. The minimum atomic E-state index is -3.76. The van der Waals surface area contributed by atoms with Gasteiger partial charge in [0, 0.05) is 12.6 Å². The van der Waals surface area contributed by atoms with Gasteiger partial charge in [-0.25, -0.2) is 8.42 Å². The molecule has 3 rings (SSSR count). The fourth-order valence-electron chi connectivity index (χ4n) is 4.83. The van der Waals surface area contributed by atoms with E-state index >= 15 is 0 Å². The molecule has 1 fully saturated rings. The Bertz CT molecular complexity index is 1160. The monoisotopic (exact) mass is 529 g/mol. The number of rotatable bonds is 11. The maximum atomic E-state index is 13.8. The van der Waals surface area contributed by atoms with Gasteiger partial charge >= 0.3 is 0 Å². The van der Waals surface area contributed by atoms with Crippen molar-refractivity contribution in [1.82, 2.24) is 10.2 Å². The molecule has 0 bridgehead atoms. The van der Waals surface area contributed by atoms with Gasteiger partial charge in [-0.1, -0.05) is 56.5 Å². The Hall–Kier alpha value is -3.07. The van der Waals surface area contributed by atoms with Gasteiger partial charge in [0.25, 0.3) is 0 Å². The van der Waals surface area contributed by atoms with Gasteiger partial charge in [0.1, 0.15) is 18.3 Å². The molecule has 0 spiro atoms. The number of carbonyl (C=O) groups is 2. The van der Waals surface area contributed by atoms with E-state index in [0.29, 0.717) is 17.9 Å². The highest BCUT2D eigenvalue weighted by molar-refractivity contribution is 7.92. The third-order valence-electron chi connectivity index (χ3n) is 6.91. The van der Waals surface area contributed by atoms with Crippen molar-refractivity contribution in [3.8, 4) is 5.75 Å². The minimum absolute atomic E-state index is 0.104. The highest BCUT2D eigenvalue weighted by atomic mass is 32.2. The fourth-order valence-corrected chi connectivity index (χ4v) is 5.74. The van der Waals surface area contributed by atoms with Gasteiger partial charge < -0.3 is 15.0 Å². The average molecular weight is 530 g/mol. The van der Waals surface area contributed by atoms with Crippen molar-refractivity contribution in [2.24, 2.45) is 0 Å². The normalized spacial score (nSPS) is 15.0. The Labute approximate surface area is 221 Å². The number of nitrogens with one attached hydrogen (secondary N) is 1. The lowest BCUT2D eigenvalue weighted by atomic mass is 9.95. The Morgan fingerprint density at radius 2 is 1.70 bits per heavy atom. The maximum Gasteiger partial charge on any atom is 0.244 e. The molecule has 37 heavy (non-hydrogen) atoms. The van der Waals surface area contributed by atoms with Gasteiger partial charge in [-0.2, -0.15) is 0 Å². The van der Waals surface area contributed by atoms with Gasteiger partial charge in [-0.15, -0.1) is 0 Å². The molecular formula is C28H39N3O5S. The number of ether oxygens (including phenoxy) is 1. The van der Waals surface area contributed by atoms with E-state index in [9.17, 15) is 18.0 Å². The summed E-state index contributed by atoms with van der Waals surface area (Å²) in [4.78, 5) is 28.8. The van der Waals surface area contributed by atoms with Crippen molar-refractivity contribution in [2.45, 2.75) is 71.0 Å². The van der Waals surface area contributed by atoms with Crippen molar-refractivity contribution >= 4 is 27.5 Å². The first-order valence-corrected chi connectivity index (χ1v) is 14.7. The first-order chi connectivity index (χ1) is 17.6. The van der Waals surface area contributed by atoms with E-state index in [1.54, 1.807) is 44.4 Å². The van der Waals surface area contributed by atoms with Gasteiger partial charge in [-0.3, -0.25) is 13.9 Å². The van der Waals surface area contributed by atoms with Crippen molar-refractivity contribution < 1.29 is 22.7 Å². The summed E-state index contributed by atoms with van der Waals surface area (Å²) in [6, 6.07) is 13.7. The van der Waals surface area contributed by atoms with Gasteiger partial charge in [0.15, 0.2) is 0 Å². The molecule has 1 atom stereocenters. The molecular weight excluding hydrogens is 490 g/mol. The maximum absolute atomic E-state index is 13.8. The van der Waals surface area contributed by atoms with E-state index in [-0.39, 0.29) is 18.5 Å². The van der Waals surface area contributed by atoms with Crippen LogP contribution in [0.4, 0.5) is 5.69 Å². The Morgan fingerprint density at radius 1 is 1.05 bits per heavy atom. The SMILES string of the molecule is CC[C@H](C(=O)NC1CCCCC1)N(Cc1ccc(OC)cc1)C(=O)CN(c1ccccc1C)S(C)(=O)=O. The minimum Gasteiger partial charge on any atom is -0.497 e. The lowest BCUT2D eigenvalue weighted by Gasteiger charge is -2.34. The van der Waals surface area contributed by atoms with Crippen LogP contribution in [-0.2, 0) is 26.2 Å². The lowest BCUT2D eigenvalue weighted by Crippen LogP contribution is -2.54. The highest BCUT2D eigenvalue weighted by Gasteiger charge is 2.33. The first kappa shape index (κ1) is 28.5. The summed E-state index contributed by atoms with van der Waals surface area (Å²) in [5.41, 5.74) is 2.01. The summed E-state index contributed by atoms with van der Waals surface area (Å²) in [5, 5.41) is 3.15. The first-order valence-electron chi connectivity index (χ1n) is 12.9. The number of anilines is 1. The summed E-state index contributed by atoms with van der Waals surface area (Å²) < 4.78 is 31.9. The fraction of sp³-hybridized carbons (Fsp3) is 0.500. The van der Waals surface area contributed by atoms with Crippen LogP contribution in [0.25, 0.3) is 0 Å². The molecule has 9 heteroatoms. The number of hydrogen-bond donors (Lipinski definition) is 1. The summed E-state index contributed by atoms with van der Waals surface area (Å²) in [6.45, 7) is 3.45. The Kier molecular flexibility index (Phi) is 9.97. The molecule has 0 aromatic heterocycles. The number of amides is 2. The second-order valence-corrected chi connectivity index (χ2v) is 11.6. The Balaban J connectivity index is 1.92. The van der Waals surface area contributed by atoms with Crippen LogP contribution in [-0.4, -0.2) is 57.1 Å². The van der Waals surface area contributed by atoms with Crippen LogP contribution in [0.3, 0.4) is 0 Å². The third-order valence-corrected chi connectivity index (χ3v) is 8.04. The van der Waals surface area contributed by atoms with Crippen LogP contribution >= 0.6 is 0 Å². The molecule has 0 heterocycles. The van der Waals surface area contributed by atoms with E-state index in [1.807, 2.05) is 25.1 Å². The molecule has 1 saturated carbocycles. The molecule has 0 aliphatic heterocycles. The van der Waals surface area contributed by atoms with Crippen LogP contribution < -0.4 is 14.4 Å². The number of methoxy groups -OCH3 is 1. The second kappa shape index (κ2) is 12.9. The average Bonchev–Trinajstić information content (AvgIpc) is 2.88. The van der Waals surface area contributed by atoms with Crippen LogP contribution in [0, 0.1) is 6.92 Å². The molecule has 202 valence electrons. The number of sulfonamides is 1. The summed E-state index contributed by atoms with van der Waals surface area (Å²) >= 11 is 0. The number of hydrogen-bond acceptors (Lipinski definition) is 5. The van der Waals surface area contributed by atoms with Crippen LogP contribution in [0.1, 0.15) is 56.6 Å². The van der Waals surface area contributed by atoms with Crippen molar-refractivity contribution in [1.29, 1.82) is 0 Å². The second-order valence-electron chi connectivity index (χ2n) is 9.69. The summed E-state index contributed by atoms with van der Waals surface area (Å²) in [6.07, 6.45) is 6.70. The number of carbonyl (C=O) groups excluding carboxylic acids is 2. The number of nitrogens with zero attached hydrogens (tertiary/aromatic N) is 2. The van der Waals surface area contributed by atoms with Crippen LogP contribution in [0.5, 0.6) is 5.75 Å². The standard InChI is InChI=1S/C28H39N3O5S/c1-5-25(28(33)29-23-12-7-6-8-13-23)30(19-22-15-17-24(36-3)18-16-22)27(32)20-31(37(4,34)35)26-14-10-9-11-21(26)2/h9-11,14-18,23,25H,5-8,12-13,19-20H2,1-4H3,(H,29,33)/t25-/m1/s1. The molecule has 1 aliphatic rings. The van der Waals surface area contributed by atoms with E-state index in [0.717, 1.165) is 47.4 Å². The zero-order valence-corrected chi connectivity index (χ0v) is 23.1. The van der Waals surface area contributed by atoms with Crippen molar-refractivity contribution in [2.75, 3.05) is 24.2 Å². The molecule has 1 aliphatic carbocycles. The van der Waals surface area contributed by atoms with E-state index in [2.05, 4.69) is 5.32 Å². The number of benzene rings is 2. The molecule has 0 unspecified atom stereocenters. The van der Waals surface area contributed by atoms with Crippen LogP contribution in [0.2, 0.25) is 0 Å². The zero-order valence-electron chi connectivity index (χ0n) is 22.3. The molecule has 1 N–H and O–H groups in total. The largest absolute Gasteiger partial charge is 0.497 e. The summed E-state index contributed by atoms with van der Waals surface area (Å²) in [7, 11) is -2.18. The Morgan fingerprint density at radius 3 is 2.27 bits per heavy atom. The molecule has 0 saturated heterocycles. The third kappa shape index (κ3) is 7.71. The molecule has 2 aromatic carbocycles. The molecule has 2 aromatic rings. The predicted molar refractivity (Wildman–Crippen MR) is 146 cm³/mol. The molecule has 0 radical (unpaired) electrons. The van der Waals surface area contributed by atoms with Gasteiger partial charge in [0.2, 0.25) is 21.8 Å². The number of aryl methyl sites for hydroxylation is 1. The number of para-hydroxylation sites is 1. The van der Waals surface area contributed by atoms with Crippen molar-refractivity contribution in [3.63, 3.8) is 0 Å². The quantitative estimate of drug-likeness (QED) is 0.474. The topological polar surface area (TPSA) is 96.0 Å². The van der Waals surface area contributed by atoms with E-state index in [4.69, 9.17) is 4.74 Å². The summed E-state index contributed by atoms with van der Waals surface area (Å²) in [5.74, 6) is 0.0553. The molecule has 2 amide bonds. The lowest BCUT2D eigenvalue weighted by molar-refractivity contribution is -0.140. The van der Waals surface area contributed by atoms with E-state index in [1.165, 1.54) is 11.3 Å². The zero-order chi connectivity index (χ0) is 27.0. The predicted octanol–water partition coefficient (Wildman–Crippen LogP) is 4.03. The van der Waals surface area contributed by atoms with Crippen molar-refractivity contribution in [3.05, 3.63) is 59.7 Å². The van der Waals surface area contributed by atoms with Gasteiger partial charge in [-0.05, 0) is 55.5 Å².